The van der Waals surface area contributed by atoms with E-state index in [9.17, 15) is 9.00 Å². The molecular weight excluding hydrogens is 192 g/mol. The summed E-state index contributed by atoms with van der Waals surface area (Å²) in [7, 11) is -1.18. The smallest absolute Gasteiger partial charge is 0.323 e. The molecule has 1 N–H and O–H groups in total. The molecule has 0 heterocycles. The maximum absolute atomic E-state index is 11.1. The second-order valence-corrected chi connectivity index (χ2v) is 4.76. The molecule has 6 heteroatoms. The third-order valence-corrected chi connectivity index (χ3v) is 2.93. The van der Waals surface area contributed by atoms with E-state index in [1.807, 2.05) is 0 Å². The Morgan fingerprint density at radius 2 is 2.38 bits per heavy atom. The van der Waals surface area contributed by atoms with Gasteiger partial charge in [-0.3, -0.25) is 9.05 Å². The monoisotopic (exact) mass is 209 g/mol. The predicted octanol–water partition coefficient (Wildman–Crippen LogP) is 0.485. The van der Waals surface area contributed by atoms with Crippen LogP contribution < -0.4 is 5.32 Å². The summed E-state index contributed by atoms with van der Waals surface area (Å²) in [5, 5.41) is 4.85. The predicted molar refractivity (Wildman–Crippen MR) is 52.2 cm³/mol. The van der Waals surface area contributed by atoms with Crippen LogP contribution in [-0.2, 0) is 15.6 Å². The molecule has 0 saturated carbocycles. The van der Waals surface area contributed by atoms with Gasteiger partial charge < -0.3 is 5.32 Å². The number of nitrogens with zero attached hydrogens (tertiary/aromatic N) is 1. The van der Waals surface area contributed by atoms with Gasteiger partial charge in [0.15, 0.2) is 0 Å². The minimum atomic E-state index is -2.62. The fraction of sp³-hybridized carbons (Fsp3) is 0.714. The number of carbonyl (C=O) groups is 1. The Bertz CT molecular complexity index is 314. The molecule has 0 aromatic heterocycles. The Labute approximate surface area is 84.2 Å². The van der Waals surface area contributed by atoms with E-state index in [1.165, 1.54) is 12.5 Å². The number of rotatable bonds is 3. The fourth-order valence-corrected chi connectivity index (χ4v) is 0.490. The minimum absolute atomic E-state index is 0.750. The van der Waals surface area contributed by atoms with Gasteiger partial charge in [0, 0.05) is 28.1 Å². The van der Waals surface area contributed by atoms with E-state index in [2.05, 4.69) is 9.99 Å². The van der Waals surface area contributed by atoms with Crippen molar-refractivity contribution in [2.45, 2.75) is 18.6 Å². The van der Waals surface area contributed by atoms with Crippen LogP contribution in [0.15, 0.2) is 5.16 Å². The summed E-state index contributed by atoms with van der Waals surface area (Å²) < 4.78 is 30.5. The van der Waals surface area contributed by atoms with E-state index >= 15 is 0 Å². The summed E-state index contributed by atoms with van der Waals surface area (Å²) in [5.74, 6) is 0. The average Bonchev–Trinajstić information content (AvgIpc) is 1.99. The summed E-state index contributed by atoms with van der Waals surface area (Å²) in [6.07, 6.45) is 1.48. The van der Waals surface area contributed by atoms with Gasteiger partial charge in [0.1, 0.15) is 0 Å². The highest BCUT2D eigenvalue weighted by Gasteiger charge is 2.20. The van der Waals surface area contributed by atoms with Crippen molar-refractivity contribution in [3.8, 4) is 0 Å². The zero-order valence-electron chi connectivity index (χ0n) is 10.7. The lowest BCUT2D eigenvalue weighted by molar-refractivity contribution is 0.153. The highest BCUT2D eigenvalue weighted by Crippen LogP contribution is 2.07. The molecule has 13 heavy (non-hydrogen) atoms. The average molecular weight is 209 g/mol. The van der Waals surface area contributed by atoms with Crippen molar-refractivity contribution >= 4 is 23.1 Å². The van der Waals surface area contributed by atoms with E-state index in [4.69, 9.17) is 4.11 Å². The molecule has 1 unspecified atom stereocenters. The van der Waals surface area contributed by atoms with Crippen LogP contribution in [0.2, 0.25) is 0 Å². The van der Waals surface area contributed by atoms with Crippen molar-refractivity contribution in [1.82, 2.24) is 5.32 Å². The molecule has 0 aliphatic carbocycles. The van der Waals surface area contributed by atoms with Crippen molar-refractivity contribution in [1.29, 1.82) is 0 Å². The van der Waals surface area contributed by atoms with Gasteiger partial charge in [0.2, 0.25) is 0 Å². The molecule has 0 spiro atoms. The summed E-state index contributed by atoms with van der Waals surface area (Å²) >= 11 is 0. The molecule has 0 rings (SSSR count). The molecule has 76 valence electrons. The number of amides is 1. The zero-order chi connectivity index (χ0) is 13.0. The van der Waals surface area contributed by atoms with Crippen molar-refractivity contribution in [3.63, 3.8) is 0 Å². The molecule has 0 fully saturated rings. The van der Waals surface area contributed by atoms with Crippen LogP contribution in [0.25, 0.3) is 0 Å². The minimum Gasteiger partial charge on any atom is -0.323 e. The van der Waals surface area contributed by atoms with Crippen molar-refractivity contribution in [3.05, 3.63) is 0 Å². The molecule has 0 aromatic carbocycles. The van der Waals surface area contributed by atoms with Crippen LogP contribution in [0.3, 0.4) is 0 Å². The number of carbonyl (C=O) groups excluding carboxylic acids is 1. The molecule has 5 nitrogen and oxygen atoms in total. The molecule has 0 saturated heterocycles. The lowest BCUT2D eigenvalue weighted by atomic mass is 10.2. The lowest BCUT2D eigenvalue weighted by Crippen LogP contribution is -2.28. The van der Waals surface area contributed by atoms with E-state index < -0.39 is 28.6 Å². The number of hydrogen-bond acceptors (Lipinski definition) is 4. The first-order valence-electron chi connectivity index (χ1n) is 4.92. The summed E-state index contributed by atoms with van der Waals surface area (Å²) in [6.45, 7) is 0.658. The van der Waals surface area contributed by atoms with Crippen LogP contribution in [0.4, 0.5) is 4.79 Å². The maximum Gasteiger partial charge on any atom is 0.433 e. The number of nitrogens with one attached hydrogen (secondary N) is 1. The van der Waals surface area contributed by atoms with Gasteiger partial charge in [-0.15, -0.1) is 0 Å². The second kappa shape index (κ2) is 4.96. The van der Waals surface area contributed by atoms with E-state index in [-0.39, 0.29) is 0 Å². The zero-order valence-corrected chi connectivity index (χ0v) is 8.47. The molecule has 1 amide bonds. The van der Waals surface area contributed by atoms with Crippen LogP contribution in [0.1, 0.15) is 18.0 Å². The van der Waals surface area contributed by atoms with Gasteiger partial charge in [-0.1, -0.05) is 5.16 Å². The van der Waals surface area contributed by atoms with Crippen molar-refractivity contribution < 1.29 is 18.0 Å². The third-order valence-electron chi connectivity index (χ3n) is 1.34. The van der Waals surface area contributed by atoms with Crippen LogP contribution in [0.5, 0.6) is 0 Å². The normalized spacial score (nSPS) is 18.5. The first-order chi connectivity index (χ1) is 7.04. The van der Waals surface area contributed by atoms with Gasteiger partial charge in [-0.25, -0.2) is 4.79 Å². The summed E-state index contributed by atoms with van der Waals surface area (Å²) in [5.41, 5.74) is 0. The quantitative estimate of drug-likeness (QED) is 0.418. The molecular formula is C7H14N2O3S. The SMILES string of the molecule is [2H]C([2H])([2H])NC(=O)O/N=C/C(C)(C)S(C)=O. The third kappa shape index (κ3) is 4.62. The number of oxime groups is 1. The molecule has 0 aliphatic heterocycles. The van der Waals surface area contributed by atoms with E-state index in [1.54, 1.807) is 19.2 Å². The Balaban J connectivity index is 4.21. The van der Waals surface area contributed by atoms with Gasteiger partial charge in [-0.2, -0.15) is 0 Å². The number of hydrogen-bond donors (Lipinski definition) is 1. The largest absolute Gasteiger partial charge is 0.433 e. The van der Waals surface area contributed by atoms with Crippen molar-refractivity contribution in [2.75, 3.05) is 13.2 Å². The second-order valence-electron chi connectivity index (χ2n) is 2.80. The molecule has 0 bridgehead atoms. The first kappa shape index (κ1) is 7.49. The van der Waals surface area contributed by atoms with Gasteiger partial charge in [0.05, 0.1) is 11.0 Å². The summed E-state index contributed by atoms with van der Waals surface area (Å²) in [4.78, 5) is 15.1. The topological polar surface area (TPSA) is 67.8 Å². The fourth-order valence-electron chi connectivity index (χ4n) is 0.298. The van der Waals surface area contributed by atoms with Crippen LogP contribution >= 0.6 is 0 Å². The van der Waals surface area contributed by atoms with Crippen LogP contribution in [-0.4, -0.2) is 34.5 Å². The molecule has 0 aromatic rings. The highest BCUT2D eigenvalue weighted by atomic mass is 32.2. The van der Waals surface area contributed by atoms with Crippen LogP contribution in [0, 0.1) is 0 Å². The highest BCUT2D eigenvalue weighted by molar-refractivity contribution is 7.86. The molecule has 0 radical (unpaired) electrons. The van der Waals surface area contributed by atoms with Gasteiger partial charge in [0.25, 0.3) is 0 Å². The standard InChI is InChI=1S/C7H14N2O3S/c1-7(2,13(4)11)5-9-12-6(10)8-3/h5H,1-4H3,(H,8,10)/b9-5+/i3D3. The van der Waals surface area contributed by atoms with Gasteiger partial charge >= 0.3 is 6.09 Å². The summed E-state index contributed by atoms with van der Waals surface area (Å²) in [6, 6.07) is 0. The Kier molecular flexibility index (Phi) is 2.86. The Morgan fingerprint density at radius 3 is 2.85 bits per heavy atom. The maximum atomic E-state index is 11.1. The van der Waals surface area contributed by atoms with E-state index in [0.29, 0.717) is 0 Å². The first-order valence-corrected chi connectivity index (χ1v) is 4.97. The van der Waals surface area contributed by atoms with Gasteiger partial charge in [-0.05, 0) is 13.8 Å². The lowest BCUT2D eigenvalue weighted by Gasteiger charge is -2.13. The molecule has 1 atom stereocenters. The molecule has 0 aliphatic rings. The Morgan fingerprint density at radius 1 is 1.77 bits per heavy atom. The van der Waals surface area contributed by atoms with E-state index in [0.717, 1.165) is 0 Å². The Hall–Kier alpha value is -0.910. The van der Waals surface area contributed by atoms with Crippen molar-refractivity contribution in [2.24, 2.45) is 5.16 Å².